The Morgan fingerprint density at radius 3 is 2.50 bits per heavy atom. The fraction of sp³-hybridized carbons (Fsp3) is 0.636. The Morgan fingerprint density at radius 1 is 0.962 bits per heavy atom. The average molecular weight is 351 g/mol. The van der Waals surface area contributed by atoms with Gasteiger partial charge in [0.15, 0.2) is 11.3 Å². The van der Waals surface area contributed by atoms with Crippen LogP contribution in [0.15, 0.2) is 18.6 Å². The molecule has 3 aromatic rings. The molecular weight excluding hydrogens is 320 g/mol. The lowest BCUT2D eigenvalue weighted by molar-refractivity contribution is 0.438. The van der Waals surface area contributed by atoms with Crippen molar-refractivity contribution in [1.82, 2.24) is 19.4 Å². The lowest BCUT2D eigenvalue weighted by Gasteiger charge is -2.19. The van der Waals surface area contributed by atoms with E-state index >= 15 is 0 Å². The van der Waals surface area contributed by atoms with Gasteiger partial charge in [-0.25, -0.2) is 9.97 Å². The van der Waals surface area contributed by atoms with Crippen LogP contribution in [0.2, 0.25) is 0 Å². The van der Waals surface area contributed by atoms with Crippen molar-refractivity contribution in [2.45, 2.75) is 83.0 Å². The second-order valence-corrected chi connectivity index (χ2v) is 8.56. The van der Waals surface area contributed by atoms with Crippen molar-refractivity contribution in [3.8, 4) is 0 Å². The molecule has 3 aromatic heterocycles. The summed E-state index contributed by atoms with van der Waals surface area (Å²) in [6.07, 6.45) is 22.7. The SMILES string of the molecule is c1[nH]c2ncc3nc(C4CCCCC4)cn3c2c1CC1CCCCCC1. The van der Waals surface area contributed by atoms with E-state index in [2.05, 4.69) is 26.8 Å². The van der Waals surface area contributed by atoms with Crippen LogP contribution < -0.4 is 0 Å². The van der Waals surface area contributed by atoms with Crippen LogP contribution in [0.3, 0.4) is 0 Å². The molecule has 2 aliphatic rings. The van der Waals surface area contributed by atoms with E-state index in [1.807, 2.05) is 6.20 Å². The third-order valence-electron chi connectivity index (χ3n) is 6.72. The van der Waals surface area contributed by atoms with Crippen LogP contribution >= 0.6 is 0 Å². The molecule has 0 aromatic carbocycles. The van der Waals surface area contributed by atoms with E-state index in [1.54, 1.807) is 0 Å². The number of nitrogens with one attached hydrogen (secondary N) is 1. The molecule has 2 saturated carbocycles. The van der Waals surface area contributed by atoms with E-state index in [1.165, 1.54) is 93.8 Å². The first kappa shape index (κ1) is 16.3. The molecule has 0 spiro atoms. The molecule has 138 valence electrons. The topological polar surface area (TPSA) is 46.0 Å². The number of fused-ring (bicyclic) bond motifs is 3. The Morgan fingerprint density at radius 2 is 1.69 bits per heavy atom. The van der Waals surface area contributed by atoms with Crippen molar-refractivity contribution < 1.29 is 0 Å². The van der Waals surface area contributed by atoms with Crippen LogP contribution in [-0.2, 0) is 6.42 Å². The molecule has 0 saturated heterocycles. The lowest BCUT2D eigenvalue weighted by atomic mass is 9.87. The van der Waals surface area contributed by atoms with Crippen LogP contribution in [0, 0.1) is 5.92 Å². The molecule has 5 rings (SSSR count). The van der Waals surface area contributed by atoms with Gasteiger partial charge in [-0.2, -0.15) is 0 Å². The largest absolute Gasteiger partial charge is 0.345 e. The van der Waals surface area contributed by atoms with Gasteiger partial charge in [0.25, 0.3) is 0 Å². The molecule has 26 heavy (non-hydrogen) atoms. The van der Waals surface area contributed by atoms with Crippen molar-refractivity contribution >= 4 is 16.8 Å². The minimum atomic E-state index is 0.642. The molecule has 0 amide bonds. The Balaban J connectivity index is 1.51. The van der Waals surface area contributed by atoms with E-state index in [-0.39, 0.29) is 0 Å². The molecule has 4 heteroatoms. The minimum absolute atomic E-state index is 0.642. The summed E-state index contributed by atoms with van der Waals surface area (Å²) in [5.74, 6) is 1.47. The van der Waals surface area contributed by atoms with Crippen LogP contribution in [0.5, 0.6) is 0 Å². The predicted octanol–water partition coefficient (Wildman–Crippen LogP) is 5.77. The summed E-state index contributed by atoms with van der Waals surface area (Å²) in [4.78, 5) is 13.0. The number of aromatic nitrogens is 4. The fourth-order valence-corrected chi connectivity index (χ4v) is 5.25. The second-order valence-electron chi connectivity index (χ2n) is 8.56. The second kappa shape index (κ2) is 7.05. The Kier molecular flexibility index (Phi) is 4.43. The van der Waals surface area contributed by atoms with Crippen LogP contribution in [-0.4, -0.2) is 19.4 Å². The van der Waals surface area contributed by atoms with Gasteiger partial charge in [-0.15, -0.1) is 0 Å². The number of hydrogen-bond donors (Lipinski definition) is 1. The fourth-order valence-electron chi connectivity index (χ4n) is 5.25. The van der Waals surface area contributed by atoms with Gasteiger partial charge >= 0.3 is 0 Å². The number of aromatic amines is 1. The van der Waals surface area contributed by atoms with Crippen LogP contribution in [0.25, 0.3) is 16.8 Å². The quantitative estimate of drug-likeness (QED) is 0.609. The lowest BCUT2D eigenvalue weighted by Crippen LogP contribution is -2.04. The van der Waals surface area contributed by atoms with Crippen molar-refractivity contribution in [3.63, 3.8) is 0 Å². The van der Waals surface area contributed by atoms with Gasteiger partial charge in [-0.3, -0.25) is 4.40 Å². The first-order valence-corrected chi connectivity index (χ1v) is 10.7. The van der Waals surface area contributed by atoms with Gasteiger partial charge in [0.2, 0.25) is 0 Å². The zero-order valence-corrected chi connectivity index (χ0v) is 15.7. The molecule has 0 bridgehead atoms. The summed E-state index contributed by atoms with van der Waals surface area (Å²) >= 11 is 0. The number of rotatable bonds is 3. The summed E-state index contributed by atoms with van der Waals surface area (Å²) in [5, 5.41) is 0. The first-order chi connectivity index (χ1) is 12.9. The van der Waals surface area contributed by atoms with E-state index in [9.17, 15) is 0 Å². The standard InChI is InChI=1S/C22H30N4/c1-2-5-9-16(8-4-1)12-18-13-23-22-21(18)26-15-19(25-20(26)14-24-22)17-10-6-3-7-11-17/h13-17,23H,1-12H2. The predicted molar refractivity (Wildman–Crippen MR) is 106 cm³/mol. The maximum atomic E-state index is 4.96. The van der Waals surface area contributed by atoms with Crippen molar-refractivity contribution in [3.05, 3.63) is 29.8 Å². The third-order valence-corrected chi connectivity index (χ3v) is 6.72. The van der Waals surface area contributed by atoms with E-state index < -0.39 is 0 Å². The maximum Gasteiger partial charge on any atom is 0.156 e. The molecule has 0 unspecified atom stereocenters. The molecule has 2 fully saturated rings. The summed E-state index contributed by atoms with van der Waals surface area (Å²) in [6.45, 7) is 0. The van der Waals surface area contributed by atoms with Gasteiger partial charge in [0.05, 0.1) is 17.4 Å². The van der Waals surface area contributed by atoms with Crippen molar-refractivity contribution in [1.29, 1.82) is 0 Å². The average Bonchev–Trinajstić information content (AvgIpc) is 3.19. The van der Waals surface area contributed by atoms with Gasteiger partial charge in [-0.1, -0.05) is 57.8 Å². The highest BCUT2D eigenvalue weighted by Gasteiger charge is 2.21. The highest BCUT2D eigenvalue weighted by molar-refractivity contribution is 5.78. The normalized spacial score (nSPS) is 20.8. The number of nitrogens with zero attached hydrogens (tertiary/aromatic N) is 3. The van der Waals surface area contributed by atoms with Crippen molar-refractivity contribution in [2.24, 2.45) is 5.92 Å². The molecule has 1 N–H and O–H groups in total. The first-order valence-electron chi connectivity index (χ1n) is 10.7. The van der Waals surface area contributed by atoms with E-state index in [4.69, 9.17) is 4.98 Å². The Hall–Kier alpha value is -1.84. The zero-order valence-electron chi connectivity index (χ0n) is 15.7. The Labute approximate surface area is 155 Å². The van der Waals surface area contributed by atoms with Gasteiger partial charge < -0.3 is 4.98 Å². The zero-order chi connectivity index (χ0) is 17.3. The van der Waals surface area contributed by atoms with Crippen LogP contribution in [0.1, 0.15) is 87.8 Å². The van der Waals surface area contributed by atoms with Gasteiger partial charge in [0, 0.05) is 18.3 Å². The van der Waals surface area contributed by atoms with Gasteiger partial charge in [-0.05, 0) is 30.7 Å². The molecule has 0 aliphatic heterocycles. The third kappa shape index (κ3) is 3.04. The summed E-state index contributed by atoms with van der Waals surface area (Å²) in [5.41, 5.74) is 5.99. The van der Waals surface area contributed by atoms with Gasteiger partial charge in [0.1, 0.15) is 0 Å². The summed E-state index contributed by atoms with van der Waals surface area (Å²) < 4.78 is 2.31. The smallest absolute Gasteiger partial charge is 0.156 e. The highest BCUT2D eigenvalue weighted by Crippen LogP contribution is 2.33. The molecule has 4 nitrogen and oxygen atoms in total. The molecule has 0 atom stereocenters. The molecule has 0 radical (unpaired) electrons. The van der Waals surface area contributed by atoms with Crippen LogP contribution in [0.4, 0.5) is 0 Å². The maximum absolute atomic E-state index is 4.96. The van der Waals surface area contributed by atoms with E-state index in [0.29, 0.717) is 5.92 Å². The molecule has 3 heterocycles. The molecular formula is C22H30N4. The Bertz CT molecular complexity index is 876. The minimum Gasteiger partial charge on any atom is -0.345 e. The highest BCUT2D eigenvalue weighted by atomic mass is 15.1. The number of hydrogen-bond acceptors (Lipinski definition) is 2. The monoisotopic (exact) mass is 350 g/mol. The van der Waals surface area contributed by atoms with E-state index in [0.717, 1.165) is 17.2 Å². The summed E-state index contributed by atoms with van der Waals surface area (Å²) in [7, 11) is 0. The summed E-state index contributed by atoms with van der Waals surface area (Å²) in [6, 6.07) is 0. The van der Waals surface area contributed by atoms with Crippen molar-refractivity contribution in [2.75, 3.05) is 0 Å². The number of imidazole rings is 1. The number of H-pyrrole nitrogens is 1. The molecule has 2 aliphatic carbocycles.